The van der Waals surface area contributed by atoms with Gasteiger partial charge in [0.25, 0.3) is 0 Å². The minimum absolute atomic E-state index is 0.163. The lowest BCUT2D eigenvalue weighted by atomic mass is 10.1. The molecule has 0 saturated heterocycles. The van der Waals surface area contributed by atoms with Crippen molar-refractivity contribution < 1.29 is 9.53 Å². The molecule has 0 heterocycles. The van der Waals surface area contributed by atoms with E-state index in [1.807, 2.05) is 20.8 Å². The Morgan fingerprint density at radius 3 is 2.55 bits per heavy atom. The van der Waals surface area contributed by atoms with E-state index in [2.05, 4.69) is 0 Å². The van der Waals surface area contributed by atoms with E-state index < -0.39 is 11.6 Å². The summed E-state index contributed by atoms with van der Waals surface area (Å²) >= 11 is 0. The van der Waals surface area contributed by atoms with Crippen molar-refractivity contribution in [2.75, 3.05) is 0 Å². The number of hydrogen-bond donors (Lipinski definition) is 0. The largest absolute Gasteiger partial charge is 0.459 e. The number of esters is 1. The fourth-order valence-electron chi connectivity index (χ4n) is 0.481. The summed E-state index contributed by atoms with van der Waals surface area (Å²) in [5.41, 5.74) is -0.437. The molecule has 3 heteroatoms. The van der Waals surface area contributed by atoms with Crippen LogP contribution >= 0.6 is 0 Å². The third-order valence-electron chi connectivity index (χ3n) is 1.46. The number of carbonyl (C=O) groups is 1. The second kappa shape index (κ2) is 3.97. The standard InChI is InChI=1S/C8H13NO2/c1-4-8(2,3)11-7(10)5-6-9/h4-5H2,1-3H3. The first kappa shape index (κ1) is 9.96. The number of rotatable bonds is 3. The van der Waals surface area contributed by atoms with Gasteiger partial charge in [-0.15, -0.1) is 0 Å². The van der Waals surface area contributed by atoms with Gasteiger partial charge in [0.15, 0.2) is 0 Å². The first-order chi connectivity index (χ1) is 5.02. The molecular formula is C8H13NO2. The SMILES string of the molecule is CCC(C)(C)OC(=O)CC#N. The van der Waals surface area contributed by atoms with Gasteiger partial charge in [-0.3, -0.25) is 4.79 Å². The third kappa shape index (κ3) is 4.38. The maximum Gasteiger partial charge on any atom is 0.320 e. The summed E-state index contributed by atoms with van der Waals surface area (Å²) in [6.45, 7) is 5.57. The van der Waals surface area contributed by atoms with E-state index in [4.69, 9.17) is 10.00 Å². The number of ether oxygens (including phenoxy) is 1. The predicted molar refractivity (Wildman–Crippen MR) is 40.7 cm³/mol. The van der Waals surface area contributed by atoms with Gasteiger partial charge >= 0.3 is 5.97 Å². The Morgan fingerprint density at radius 2 is 2.18 bits per heavy atom. The molecule has 0 saturated carbocycles. The smallest absolute Gasteiger partial charge is 0.320 e. The number of carbonyl (C=O) groups excluding carboxylic acids is 1. The second-order valence-corrected chi connectivity index (χ2v) is 2.92. The maximum absolute atomic E-state index is 10.8. The summed E-state index contributed by atoms with van der Waals surface area (Å²) in [4.78, 5) is 10.8. The van der Waals surface area contributed by atoms with Crippen LogP contribution in [0.15, 0.2) is 0 Å². The molecular weight excluding hydrogens is 142 g/mol. The van der Waals surface area contributed by atoms with Crippen LogP contribution in [0.4, 0.5) is 0 Å². The molecule has 0 spiro atoms. The first-order valence-electron chi connectivity index (χ1n) is 3.60. The van der Waals surface area contributed by atoms with Gasteiger partial charge in [-0.25, -0.2) is 0 Å². The topological polar surface area (TPSA) is 50.1 Å². The molecule has 0 amide bonds. The van der Waals surface area contributed by atoms with E-state index in [9.17, 15) is 4.79 Å². The highest BCUT2D eigenvalue weighted by atomic mass is 16.6. The number of nitriles is 1. The zero-order chi connectivity index (χ0) is 8.91. The van der Waals surface area contributed by atoms with Crippen molar-refractivity contribution in [3.63, 3.8) is 0 Å². The number of hydrogen-bond acceptors (Lipinski definition) is 3. The number of nitrogens with zero attached hydrogens (tertiary/aromatic N) is 1. The van der Waals surface area contributed by atoms with Crippen LogP contribution in [0.5, 0.6) is 0 Å². The molecule has 62 valence electrons. The molecule has 0 aromatic carbocycles. The van der Waals surface area contributed by atoms with Crippen LogP contribution in [0.2, 0.25) is 0 Å². The maximum atomic E-state index is 10.8. The average molecular weight is 155 g/mol. The van der Waals surface area contributed by atoms with Crippen LogP contribution in [0.3, 0.4) is 0 Å². The van der Waals surface area contributed by atoms with Crippen molar-refractivity contribution in [3.8, 4) is 6.07 Å². The summed E-state index contributed by atoms with van der Waals surface area (Å²) in [5, 5.41) is 8.16. The molecule has 0 rings (SSSR count). The van der Waals surface area contributed by atoms with E-state index in [0.29, 0.717) is 0 Å². The van der Waals surface area contributed by atoms with Crippen LogP contribution in [-0.4, -0.2) is 11.6 Å². The summed E-state index contributed by atoms with van der Waals surface area (Å²) in [5.74, 6) is -0.445. The van der Waals surface area contributed by atoms with Crippen molar-refractivity contribution in [1.82, 2.24) is 0 Å². The lowest BCUT2D eigenvalue weighted by molar-refractivity contribution is -0.155. The van der Waals surface area contributed by atoms with E-state index in [1.54, 1.807) is 6.07 Å². The Bertz CT molecular complexity index is 179. The van der Waals surface area contributed by atoms with E-state index in [1.165, 1.54) is 0 Å². The predicted octanol–water partition coefficient (Wildman–Crippen LogP) is 1.63. The van der Waals surface area contributed by atoms with E-state index >= 15 is 0 Å². The molecule has 0 N–H and O–H groups in total. The van der Waals surface area contributed by atoms with Crippen LogP contribution in [-0.2, 0) is 9.53 Å². The molecule has 0 aromatic rings. The van der Waals surface area contributed by atoms with Gasteiger partial charge < -0.3 is 4.74 Å². The molecule has 0 aliphatic carbocycles. The third-order valence-corrected chi connectivity index (χ3v) is 1.46. The molecule has 11 heavy (non-hydrogen) atoms. The highest BCUT2D eigenvalue weighted by Gasteiger charge is 2.19. The second-order valence-electron chi connectivity index (χ2n) is 2.92. The Morgan fingerprint density at radius 1 is 1.64 bits per heavy atom. The molecule has 0 bridgehead atoms. The molecule has 0 aliphatic rings. The summed E-state index contributed by atoms with van der Waals surface area (Å²) in [6.07, 6.45) is 0.591. The highest BCUT2D eigenvalue weighted by Crippen LogP contribution is 2.13. The Hall–Kier alpha value is -1.04. The highest BCUT2D eigenvalue weighted by molar-refractivity contribution is 5.72. The van der Waals surface area contributed by atoms with Crippen LogP contribution in [0.25, 0.3) is 0 Å². The van der Waals surface area contributed by atoms with Gasteiger partial charge in [0.2, 0.25) is 0 Å². The van der Waals surface area contributed by atoms with Crippen molar-refractivity contribution in [2.24, 2.45) is 0 Å². The zero-order valence-corrected chi connectivity index (χ0v) is 7.18. The normalized spacial score (nSPS) is 10.4. The summed E-state index contributed by atoms with van der Waals surface area (Å²) in [6, 6.07) is 1.74. The molecule has 0 atom stereocenters. The summed E-state index contributed by atoms with van der Waals surface area (Å²) < 4.78 is 4.97. The zero-order valence-electron chi connectivity index (χ0n) is 7.18. The van der Waals surface area contributed by atoms with Crippen molar-refractivity contribution >= 4 is 5.97 Å². The quantitative estimate of drug-likeness (QED) is 0.582. The van der Waals surface area contributed by atoms with Gasteiger partial charge in [0.05, 0.1) is 6.07 Å². The van der Waals surface area contributed by atoms with Gasteiger partial charge in [-0.2, -0.15) is 5.26 Å². The average Bonchev–Trinajstić information content (AvgIpc) is 1.87. The minimum Gasteiger partial charge on any atom is -0.459 e. The lowest BCUT2D eigenvalue weighted by Gasteiger charge is -2.22. The molecule has 0 unspecified atom stereocenters. The van der Waals surface area contributed by atoms with Crippen LogP contribution in [0.1, 0.15) is 33.6 Å². The molecule has 3 nitrogen and oxygen atoms in total. The first-order valence-corrected chi connectivity index (χ1v) is 3.60. The van der Waals surface area contributed by atoms with Crippen molar-refractivity contribution in [2.45, 2.75) is 39.2 Å². The van der Waals surface area contributed by atoms with Gasteiger partial charge in [-0.05, 0) is 20.3 Å². The molecule has 0 radical (unpaired) electrons. The van der Waals surface area contributed by atoms with Gasteiger partial charge in [-0.1, -0.05) is 6.92 Å². The van der Waals surface area contributed by atoms with Crippen LogP contribution < -0.4 is 0 Å². The fraction of sp³-hybridized carbons (Fsp3) is 0.750. The lowest BCUT2D eigenvalue weighted by Crippen LogP contribution is -2.26. The Balaban J connectivity index is 3.86. The van der Waals surface area contributed by atoms with Gasteiger partial charge in [0, 0.05) is 0 Å². The van der Waals surface area contributed by atoms with Crippen molar-refractivity contribution in [3.05, 3.63) is 0 Å². The molecule has 0 aliphatic heterocycles. The van der Waals surface area contributed by atoms with Gasteiger partial charge in [0.1, 0.15) is 12.0 Å². The summed E-state index contributed by atoms with van der Waals surface area (Å²) in [7, 11) is 0. The van der Waals surface area contributed by atoms with Crippen molar-refractivity contribution in [1.29, 1.82) is 5.26 Å². The molecule has 0 fully saturated rings. The molecule has 0 aromatic heterocycles. The monoisotopic (exact) mass is 155 g/mol. The fourth-order valence-corrected chi connectivity index (χ4v) is 0.481. The van der Waals surface area contributed by atoms with E-state index in [0.717, 1.165) is 6.42 Å². The minimum atomic E-state index is -0.445. The Kier molecular flexibility index (Phi) is 3.59. The van der Waals surface area contributed by atoms with Crippen LogP contribution in [0, 0.1) is 11.3 Å². The Labute approximate surface area is 67.0 Å². The van der Waals surface area contributed by atoms with E-state index in [-0.39, 0.29) is 6.42 Å².